The first-order valence-electron chi connectivity index (χ1n) is 33.6. The van der Waals surface area contributed by atoms with Gasteiger partial charge in [0.25, 0.3) is 10.9 Å². The standard InChI is InChI=1S/C68H100N10O10/c1-43(69-3)63(81)73-55(45-25-11-9-12-26-45)67(85)77-37-23-33-51(77)65(83)75-57-49-31-17-15-29-47(49)41-53(57)87-39-21-7-5-19-35-71-59-60(62(80)61(59)79)72-36-20-6-8-22-40-88-54-42-48-30-16-18-32-50(48)58(54)76-66(84)52-34-24-38-78(52)68(86)56(46-27-13-10-14-28-46)74-64(82)44(2)70-4/h15-18,29-32,43-46,51-58,69-72H,5-14,19-28,33-42H2,1-4H3,(H,73,81)(H,74,82)(H,75,83)(H,76,84)/t43-,44-,51-,52-,53+,54+,55-,56-,57-,58-/m0/s1. The van der Waals surface area contributed by atoms with Gasteiger partial charge >= 0.3 is 0 Å². The molecule has 4 fully saturated rings. The summed E-state index contributed by atoms with van der Waals surface area (Å²) in [6.07, 6.45) is 20.0. The van der Waals surface area contributed by atoms with Gasteiger partial charge in [0.15, 0.2) is 0 Å². The van der Waals surface area contributed by atoms with Crippen LogP contribution < -0.4 is 53.4 Å². The lowest BCUT2D eigenvalue weighted by Crippen LogP contribution is -2.58. The van der Waals surface area contributed by atoms with E-state index in [1.54, 1.807) is 37.7 Å². The van der Waals surface area contributed by atoms with E-state index in [4.69, 9.17) is 9.47 Å². The fraction of sp³-hybridized carbons (Fsp3) is 0.676. The Morgan fingerprint density at radius 1 is 0.500 bits per heavy atom. The number of hydrogen-bond acceptors (Lipinski definition) is 14. The summed E-state index contributed by atoms with van der Waals surface area (Å²) in [6.45, 7) is 6.66. The van der Waals surface area contributed by atoms with Crippen molar-refractivity contribution in [3.8, 4) is 0 Å². The van der Waals surface area contributed by atoms with Crippen molar-refractivity contribution in [2.45, 2.75) is 228 Å². The maximum absolute atomic E-state index is 14.3. The zero-order chi connectivity index (χ0) is 62.1. The molecule has 6 aliphatic rings. The maximum atomic E-state index is 14.3. The number of anilines is 2. The molecule has 2 saturated heterocycles. The quantitative estimate of drug-likeness (QED) is 0.0258. The van der Waals surface area contributed by atoms with E-state index in [1.165, 1.54) is 0 Å². The third-order valence-corrected chi connectivity index (χ3v) is 20.0. The number of nitrogens with zero attached hydrogens (tertiary/aromatic N) is 2. The number of nitrogens with one attached hydrogen (secondary N) is 8. The van der Waals surface area contributed by atoms with Crippen LogP contribution in [0, 0.1) is 11.8 Å². The molecule has 0 unspecified atom stereocenters. The second-order valence-corrected chi connectivity index (χ2v) is 25.9. The predicted molar refractivity (Wildman–Crippen MR) is 340 cm³/mol. The monoisotopic (exact) mass is 1220 g/mol. The first-order chi connectivity index (χ1) is 42.8. The lowest BCUT2D eigenvalue weighted by molar-refractivity contribution is -0.143. The lowest BCUT2D eigenvalue weighted by atomic mass is 9.83. The van der Waals surface area contributed by atoms with Crippen molar-refractivity contribution in [1.82, 2.24) is 41.7 Å². The molecule has 2 aliphatic heterocycles. The van der Waals surface area contributed by atoms with Crippen LogP contribution in [0.2, 0.25) is 0 Å². The number of likely N-dealkylation sites (N-methyl/N-ethyl adjacent to an activating group) is 2. The summed E-state index contributed by atoms with van der Waals surface area (Å²) in [6, 6.07) is 12.0. The number of carbonyl (C=O) groups excluding carboxylic acids is 6. The Kier molecular flexibility index (Phi) is 24.5. The van der Waals surface area contributed by atoms with Crippen LogP contribution in [-0.2, 0) is 51.1 Å². The Labute approximate surface area is 520 Å². The molecular formula is C68H100N10O10. The largest absolute Gasteiger partial charge is 0.380 e. The third kappa shape index (κ3) is 16.4. The molecule has 20 nitrogen and oxygen atoms in total. The van der Waals surface area contributed by atoms with Crippen LogP contribution in [-0.4, -0.2) is 147 Å². The minimum absolute atomic E-state index is 0.0380. The van der Waals surface area contributed by atoms with Gasteiger partial charge in [0.05, 0.1) is 36.4 Å². The van der Waals surface area contributed by atoms with Crippen LogP contribution in [0.1, 0.15) is 189 Å². The second-order valence-electron chi connectivity index (χ2n) is 25.9. The van der Waals surface area contributed by atoms with Crippen molar-refractivity contribution in [2.24, 2.45) is 11.8 Å². The Morgan fingerprint density at radius 2 is 0.886 bits per heavy atom. The first kappa shape index (κ1) is 66.2. The maximum Gasteiger partial charge on any atom is 0.253 e. The molecule has 4 aliphatic carbocycles. The summed E-state index contributed by atoms with van der Waals surface area (Å²) in [5, 5.41) is 25.1. The number of ether oxygens (including phenoxy) is 2. The topological polar surface area (TPSA) is 258 Å². The van der Waals surface area contributed by atoms with Gasteiger partial charge in [-0.2, -0.15) is 0 Å². The number of benzene rings is 2. The number of amides is 6. The van der Waals surface area contributed by atoms with Crippen LogP contribution in [0.25, 0.3) is 0 Å². The van der Waals surface area contributed by atoms with E-state index < -0.39 is 47.1 Å². The minimum atomic E-state index is -0.664. The summed E-state index contributed by atoms with van der Waals surface area (Å²) in [4.78, 5) is 112. The Hall–Kier alpha value is -6.22. The van der Waals surface area contributed by atoms with E-state index in [2.05, 4.69) is 54.7 Å². The number of unbranched alkanes of at least 4 members (excludes halogenated alkanes) is 6. The van der Waals surface area contributed by atoms with E-state index in [9.17, 15) is 38.4 Å². The van der Waals surface area contributed by atoms with Crippen molar-refractivity contribution < 1.29 is 38.2 Å². The highest BCUT2D eigenvalue weighted by molar-refractivity contribution is 5.95. The molecule has 0 spiro atoms. The highest BCUT2D eigenvalue weighted by Crippen LogP contribution is 2.37. The van der Waals surface area contributed by atoms with Gasteiger partial charge in [-0.1, -0.05) is 113 Å². The molecular weight excluding hydrogens is 1120 g/mol. The summed E-state index contributed by atoms with van der Waals surface area (Å²) in [5.41, 5.74) is 4.06. The van der Waals surface area contributed by atoms with Crippen LogP contribution in [0.15, 0.2) is 58.1 Å². The first-order valence-corrected chi connectivity index (χ1v) is 33.6. The summed E-state index contributed by atoms with van der Waals surface area (Å²) >= 11 is 0. The Bertz CT molecular complexity index is 2710. The van der Waals surface area contributed by atoms with E-state index in [0.717, 1.165) is 138 Å². The predicted octanol–water partition coefficient (Wildman–Crippen LogP) is 6.15. The van der Waals surface area contributed by atoms with Crippen molar-refractivity contribution in [3.05, 3.63) is 91.2 Å². The van der Waals surface area contributed by atoms with Gasteiger partial charge in [0.1, 0.15) is 35.5 Å². The molecule has 482 valence electrons. The molecule has 2 saturated carbocycles. The van der Waals surface area contributed by atoms with Gasteiger partial charge in [-0.15, -0.1) is 0 Å². The van der Waals surface area contributed by atoms with E-state index >= 15 is 0 Å². The summed E-state index contributed by atoms with van der Waals surface area (Å²) < 4.78 is 13.0. The van der Waals surface area contributed by atoms with Gasteiger partial charge in [-0.25, -0.2) is 0 Å². The second kappa shape index (κ2) is 32.5. The minimum Gasteiger partial charge on any atom is -0.380 e. The van der Waals surface area contributed by atoms with Gasteiger partial charge in [0, 0.05) is 52.2 Å². The Morgan fingerprint density at radius 3 is 1.28 bits per heavy atom. The van der Waals surface area contributed by atoms with E-state index in [-0.39, 0.29) is 71.6 Å². The molecule has 9 rings (SSSR count). The zero-order valence-electron chi connectivity index (χ0n) is 52.7. The highest BCUT2D eigenvalue weighted by atomic mass is 16.5. The molecule has 3 aromatic carbocycles. The molecule has 20 heteroatoms. The number of rotatable bonds is 32. The fourth-order valence-corrected chi connectivity index (χ4v) is 14.5. The molecule has 10 atom stereocenters. The van der Waals surface area contributed by atoms with Gasteiger partial charge < -0.3 is 61.8 Å². The zero-order valence-corrected chi connectivity index (χ0v) is 52.7. The average Bonchev–Trinajstić information content (AvgIpc) is 2.24. The van der Waals surface area contributed by atoms with Gasteiger partial charge in [-0.05, 0) is 139 Å². The molecule has 6 amide bonds. The van der Waals surface area contributed by atoms with Crippen LogP contribution in [0.4, 0.5) is 11.4 Å². The normalized spacial score (nSPS) is 23.4. The molecule has 88 heavy (non-hydrogen) atoms. The lowest BCUT2D eigenvalue weighted by Gasteiger charge is -2.35. The van der Waals surface area contributed by atoms with E-state index in [0.29, 0.717) is 89.3 Å². The van der Waals surface area contributed by atoms with Crippen LogP contribution in [0.3, 0.4) is 0 Å². The van der Waals surface area contributed by atoms with Crippen LogP contribution >= 0.6 is 0 Å². The summed E-state index contributed by atoms with van der Waals surface area (Å²) in [5.74, 6) is -1.06. The molecule has 2 heterocycles. The van der Waals surface area contributed by atoms with Crippen molar-refractivity contribution in [3.63, 3.8) is 0 Å². The highest BCUT2D eigenvalue weighted by Gasteiger charge is 2.45. The molecule has 0 aromatic heterocycles. The van der Waals surface area contributed by atoms with Crippen LogP contribution in [0.5, 0.6) is 0 Å². The number of carbonyl (C=O) groups is 6. The fourth-order valence-electron chi connectivity index (χ4n) is 14.5. The average molecular weight is 1220 g/mol. The molecule has 8 N–H and O–H groups in total. The Balaban J connectivity index is 0.662. The molecule has 0 radical (unpaired) electrons. The van der Waals surface area contributed by atoms with Crippen molar-refractivity contribution >= 4 is 46.8 Å². The smallest absolute Gasteiger partial charge is 0.253 e. The van der Waals surface area contributed by atoms with Gasteiger partial charge in [0.2, 0.25) is 35.4 Å². The third-order valence-electron chi connectivity index (χ3n) is 20.0. The SMILES string of the molecule is CN[C@@H](C)C(=O)N[C@H](C(=O)N1CCC[C@H]1C(=O)N[C@H]1c2ccccc2C[C@H]1OCCCCCCNc1c(NCCCCCCO[C@@H]2Cc3ccccc3[C@@H]2NC(=O)[C@@H]2CCCN2C(=O)[C@@H](NC(=O)[C@H](C)NC)C2CCCCC2)c(=O)c1=O)C1CCCCC1. The summed E-state index contributed by atoms with van der Waals surface area (Å²) in [7, 11) is 3.45. The number of hydrogen-bond donors (Lipinski definition) is 8. The van der Waals surface area contributed by atoms with Crippen molar-refractivity contribution in [2.75, 3.05) is 64.1 Å². The molecule has 0 bridgehead atoms. The van der Waals surface area contributed by atoms with Gasteiger partial charge in [-0.3, -0.25) is 38.4 Å². The molecule has 3 aromatic rings. The van der Waals surface area contributed by atoms with Crippen molar-refractivity contribution in [1.29, 1.82) is 0 Å². The number of fused-ring (bicyclic) bond motifs is 2. The number of likely N-dealkylation sites (tertiary alicyclic amines) is 2. The van der Waals surface area contributed by atoms with E-state index in [1.807, 2.05) is 36.4 Å².